The largest absolute Gasteiger partial charge is 0.394 e. The summed E-state index contributed by atoms with van der Waals surface area (Å²) in [6.07, 6.45) is -5.60. The zero-order chi connectivity index (χ0) is 12.4. The molecule has 1 aliphatic rings. The van der Waals surface area contributed by atoms with Gasteiger partial charge in [-0.25, -0.2) is 0 Å². The molecule has 0 saturated carbocycles. The first kappa shape index (κ1) is 12.5. The summed E-state index contributed by atoms with van der Waals surface area (Å²) in [4.78, 5) is 0. The van der Waals surface area contributed by atoms with Crippen molar-refractivity contribution in [2.75, 3.05) is 6.61 Å². The smallest absolute Gasteiger partial charge is 0.113 e. The SMILES string of the molecule is OC[C@H]1OC(c2[c]cccc2)[C@H](O)[C@@H](O)[C@@H]1O. The van der Waals surface area contributed by atoms with Crippen molar-refractivity contribution < 1.29 is 25.2 Å². The normalized spacial score (nSPS) is 38.0. The van der Waals surface area contributed by atoms with Crippen molar-refractivity contribution >= 4 is 0 Å². The van der Waals surface area contributed by atoms with Crippen LogP contribution in [0, 0.1) is 6.07 Å². The minimum Gasteiger partial charge on any atom is -0.394 e. The van der Waals surface area contributed by atoms with E-state index in [1.807, 2.05) is 0 Å². The lowest BCUT2D eigenvalue weighted by Crippen LogP contribution is -2.55. The lowest BCUT2D eigenvalue weighted by Gasteiger charge is -2.40. The van der Waals surface area contributed by atoms with Gasteiger partial charge in [-0.05, 0) is 11.6 Å². The zero-order valence-corrected chi connectivity index (χ0v) is 9.10. The van der Waals surface area contributed by atoms with Crippen molar-refractivity contribution in [2.24, 2.45) is 0 Å². The van der Waals surface area contributed by atoms with Gasteiger partial charge in [0.05, 0.1) is 6.61 Å². The summed E-state index contributed by atoms with van der Waals surface area (Å²) in [5.41, 5.74) is 0.574. The van der Waals surface area contributed by atoms with Gasteiger partial charge in [0.15, 0.2) is 0 Å². The second-order valence-electron chi connectivity index (χ2n) is 4.07. The highest BCUT2D eigenvalue weighted by Gasteiger charge is 2.43. The van der Waals surface area contributed by atoms with Gasteiger partial charge in [0.1, 0.15) is 30.5 Å². The molecule has 0 amide bonds. The Bertz CT molecular complexity index is 353. The Balaban J connectivity index is 2.23. The molecule has 5 nitrogen and oxygen atoms in total. The Morgan fingerprint density at radius 1 is 1.12 bits per heavy atom. The molecule has 93 valence electrons. The molecule has 1 saturated heterocycles. The second-order valence-corrected chi connectivity index (χ2v) is 4.07. The summed E-state index contributed by atoms with van der Waals surface area (Å²) >= 11 is 0. The Hall–Kier alpha value is -0.980. The Kier molecular flexibility index (Phi) is 3.76. The summed E-state index contributed by atoms with van der Waals surface area (Å²) in [6, 6.07) is 9.78. The van der Waals surface area contributed by atoms with Crippen LogP contribution >= 0.6 is 0 Å². The van der Waals surface area contributed by atoms with Crippen LogP contribution in [0.4, 0.5) is 0 Å². The third-order valence-electron chi connectivity index (χ3n) is 2.93. The molecule has 1 fully saturated rings. The summed E-state index contributed by atoms with van der Waals surface area (Å²) < 4.78 is 5.38. The van der Waals surface area contributed by atoms with Crippen LogP contribution in [0.15, 0.2) is 24.3 Å². The van der Waals surface area contributed by atoms with E-state index in [0.717, 1.165) is 0 Å². The molecule has 0 spiro atoms. The number of hydrogen-bond donors (Lipinski definition) is 4. The average molecular weight is 239 g/mol. The maximum atomic E-state index is 9.84. The number of ether oxygens (including phenoxy) is 1. The fourth-order valence-corrected chi connectivity index (χ4v) is 1.94. The molecule has 1 heterocycles. The van der Waals surface area contributed by atoms with Crippen LogP contribution in [0.1, 0.15) is 11.7 Å². The molecule has 0 aliphatic carbocycles. The number of hydrogen-bond acceptors (Lipinski definition) is 5. The van der Waals surface area contributed by atoms with Crippen LogP contribution in [0.5, 0.6) is 0 Å². The number of aliphatic hydroxyl groups is 4. The summed E-state index contributed by atoms with van der Waals surface area (Å²) in [7, 11) is 0. The average Bonchev–Trinajstić information content (AvgIpc) is 2.37. The molecule has 4 N–H and O–H groups in total. The van der Waals surface area contributed by atoms with Gasteiger partial charge >= 0.3 is 0 Å². The number of rotatable bonds is 2. The van der Waals surface area contributed by atoms with Crippen LogP contribution in [0.3, 0.4) is 0 Å². The van der Waals surface area contributed by atoms with Gasteiger partial charge in [-0.15, -0.1) is 0 Å². The number of aliphatic hydroxyl groups excluding tert-OH is 4. The van der Waals surface area contributed by atoms with Crippen molar-refractivity contribution in [3.05, 3.63) is 35.9 Å². The van der Waals surface area contributed by atoms with E-state index in [2.05, 4.69) is 6.07 Å². The molecule has 5 heteroatoms. The highest BCUT2D eigenvalue weighted by atomic mass is 16.5. The molecule has 1 aromatic carbocycles. The maximum Gasteiger partial charge on any atom is 0.113 e. The van der Waals surface area contributed by atoms with Crippen molar-refractivity contribution in [1.82, 2.24) is 0 Å². The van der Waals surface area contributed by atoms with Crippen LogP contribution in [0.2, 0.25) is 0 Å². The third kappa shape index (κ3) is 2.34. The van der Waals surface area contributed by atoms with E-state index in [1.54, 1.807) is 24.3 Å². The fraction of sp³-hybridized carbons (Fsp3) is 0.500. The zero-order valence-electron chi connectivity index (χ0n) is 9.10. The molecule has 2 rings (SSSR count). The summed E-state index contributed by atoms with van der Waals surface area (Å²) in [5.74, 6) is 0. The van der Waals surface area contributed by atoms with Crippen LogP contribution in [-0.4, -0.2) is 51.4 Å². The molecule has 17 heavy (non-hydrogen) atoms. The van der Waals surface area contributed by atoms with Gasteiger partial charge in [0.2, 0.25) is 0 Å². The second kappa shape index (κ2) is 5.12. The maximum absolute atomic E-state index is 9.84. The van der Waals surface area contributed by atoms with E-state index >= 15 is 0 Å². The van der Waals surface area contributed by atoms with E-state index < -0.39 is 37.1 Å². The van der Waals surface area contributed by atoms with E-state index in [4.69, 9.17) is 9.84 Å². The van der Waals surface area contributed by atoms with E-state index in [-0.39, 0.29) is 0 Å². The molecule has 1 unspecified atom stereocenters. The van der Waals surface area contributed by atoms with Crippen molar-refractivity contribution in [2.45, 2.75) is 30.5 Å². The molecule has 1 aromatic rings. The van der Waals surface area contributed by atoms with Crippen molar-refractivity contribution in [3.63, 3.8) is 0 Å². The van der Waals surface area contributed by atoms with E-state index in [1.165, 1.54) is 0 Å². The summed E-state index contributed by atoms with van der Waals surface area (Å²) in [6.45, 7) is -0.422. The first-order chi connectivity index (χ1) is 8.15. The summed E-state index contributed by atoms with van der Waals surface area (Å²) in [5, 5.41) is 38.1. The van der Waals surface area contributed by atoms with Gasteiger partial charge in [-0.3, -0.25) is 0 Å². The monoisotopic (exact) mass is 239 g/mol. The molecule has 5 atom stereocenters. The highest BCUT2D eigenvalue weighted by molar-refractivity contribution is 5.19. The predicted octanol–water partition coefficient (Wildman–Crippen LogP) is -0.998. The van der Waals surface area contributed by atoms with Gasteiger partial charge in [0.25, 0.3) is 0 Å². The Morgan fingerprint density at radius 3 is 2.47 bits per heavy atom. The van der Waals surface area contributed by atoms with E-state index in [0.29, 0.717) is 5.56 Å². The third-order valence-corrected chi connectivity index (χ3v) is 2.93. The van der Waals surface area contributed by atoms with Gasteiger partial charge in [0, 0.05) is 0 Å². The van der Waals surface area contributed by atoms with Gasteiger partial charge < -0.3 is 25.2 Å². The quantitative estimate of drug-likeness (QED) is 0.531. The van der Waals surface area contributed by atoms with Crippen molar-refractivity contribution in [3.8, 4) is 0 Å². The van der Waals surface area contributed by atoms with Crippen LogP contribution in [-0.2, 0) is 4.74 Å². The Morgan fingerprint density at radius 2 is 1.88 bits per heavy atom. The van der Waals surface area contributed by atoms with Crippen molar-refractivity contribution in [1.29, 1.82) is 0 Å². The van der Waals surface area contributed by atoms with Gasteiger partial charge in [-0.1, -0.05) is 24.3 Å². The molecular formula is C12H15O5. The first-order valence-electron chi connectivity index (χ1n) is 5.42. The first-order valence-corrected chi connectivity index (χ1v) is 5.42. The topological polar surface area (TPSA) is 90.2 Å². The van der Waals surface area contributed by atoms with Crippen LogP contribution in [0.25, 0.3) is 0 Å². The minimum atomic E-state index is -1.35. The lowest BCUT2D eigenvalue weighted by atomic mass is 9.91. The fourth-order valence-electron chi connectivity index (χ4n) is 1.94. The van der Waals surface area contributed by atoms with E-state index in [9.17, 15) is 15.3 Å². The Labute approximate surface area is 98.9 Å². The van der Waals surface area contributed by atoms with Crippen LogP contribution < -0.4 is 0 Å². The number of benzene rings is 1. The molecule has 0 aromatic heterocycles. The molecule has 0 bridgehead atoms. The lowest BCUT2D eigenvalue weighted by molar-refractivity contribution is -0.231. The van der Waals surface area contributed by atoms with Gasteiger partial charge in [-0.2, -0.15) is 0 Å². The molecule has 1 aliphatic heterocycles. The highest BCUT2D eigenvalue weighted by Crippen LogP contribution is 2.31. The molecular weight excluding hydrogens is 224 g/mol. The minimum absolute atomic E-state index is 0.422. The standard InChI is InChI=1S/C12H15O5/c13-6-8-9(14)10(15)11(16)12(17-8)7-4-2-1-3-5-7/h1-4,8-16H,6H2/t8-,9-,10+,11-,12?/m1/s1. The predicted molar refractivity (Wildman–Crippen MR) is 58.0 cm³/mol. The molecule has 1 radical (unpaired) electrons.